The van der Waals surface area contributed by atoms with Gasteiger partial charge >= 0.3 is 0 Å². The summed E-state index contributed by atoms with van der Waals surface area (Å²) in [6, 6.07) is 23.3. The van der Waals surface area contributed by atoms with E-state index in [1.165, 1.54) is 48.8 Å². The lowest BCUT2D eigenvalue weighted by molar-refractivity contribution is -0.128. The summed E-state index contributed by atoms with van der Waals surface area (Å²) in [5.41, 5.74) is 7.26. The monoisotopic (exact) mass is 1020 g/mol. The Hall–Kier alpha value is -9.54. The van der Waals surface area contributed by atoms with Crippen LogP contribution < -0.4 is 9.47 Å². The van der Waals surface area contributed by atoms with Gasteiger partial charge in [0.05, 0.1) is 114 Å². The van der Waals surface area contributed by atoms with Gasteiger partial charge in [0.15, 0.2) is 0 Å². The number of fused-ring (bicyclic) bond motifs is 4. The van der Waals surface area contributed by atoms with Gasteiger partial charge in [0.1, 0.15) is 51.5 Å². The summed E-state index contributed by atoms with van der Waals surface area (Å²) < 4.78 is 15.1. The zero-order valence-electron chi connectivity index (χ0n) is 41.7. The number of methoxy groups -OCH3 is 2. The minimum atomic E-state index is -1.12. The second-order valence-corrected chi connectivity index (χ2v) is 18.7. The Morgan fingerprint density at radius 2 is 1.08 bits per heavy atom. The number of pyridine rings is 2. The summed E-state index contributed by atoms with van der Waals surface area (Å²) >= 11 is 0. The number of imidazole rings is 2. The van der Waals surface area contributed by atoms with E-state index in [4.69, 9.17) is 9.47 Å². The van der Waals surface area contributed by atoms with Gasteiger partial charge < -0.3 is 48.6 Å². The molecule has 76 heavy (non-hydrogen) atoms. The number of nitrogens with zero attached hydrogens (tertiary/aromatic N) is 10. The Morgan fingerprint density at radius 1 is 0.618 bits per heavy atom. The average molecular weight is 1020 g/mol. The molecule has 12 rings (SSSR count). The summed E-state index contributed by atoms with van der Waals surface area (Å²) in [4.78, 5) is 80.9. The summed E-state index contributed by atoms with van der Waals surface area (Å²) in [5, 5.41) is 34.6. The predicted molar refractivity (Wildman–Crippen MR) is 276 cm³/mol. The fraction of sp³-hybridized carbons (Fsp3) is 0.222. The van der Waals surface area contributed by atoms with Gasteiger partial charge in [-0.3, -0.25) is 29.4 Å². The van der Waals surface area contributed by atoms with Crippen LogP contribution in [0.5, 0.6) is 11.5 Å². The third-order valence-electron chi connectivity index (χ3n) is 13.6. The molecule has 0 atom stereocenters. The van der Waals surface area contributed by atoms with E-state index in [1.807, 2.05) is 60.7 Å². The molecular weight excluding hydrogens is 973 g/mol. The summed E-state index contributed by atoms with van der Waals surface area (Å²) in [6.45, 7) is 5.41. The van der Waals surface area contributed by atoms with Crippen LogP contribution in [0, 0.1) is 0 Å². The number of ketones is 2. The number of amides is 2. The van der Waals surface area contributed by atoms with E-state index < -0.39 is 29.0 Å². The Bertz CT molecular complexity index is 3840. The van der Waals surface area contributed by atoms with Gasteiger partial charge in [-0.05, 0) is 37.1 Å². The van der Waals surface area contributed by atoms with Crippen molar-refractivity contribution >= 4 is 45.2 Å². The molecule has 0 radical (unpaired) electrons. The van der Waals surface area contributed by atoms with Crippen LogP contribution in [0.25, 0.3) is 67.1 Å². The molecule has 2 amide bonds. The van der Waals surface area contributed by atoms with Crippen molar-refractivity contribution in [2.45, 2.75) is 52.2 Å². The molecule has 0 unspecified atom stereocenters. The first-order valence-electron chi connectivity index (χ1n) is 24.2. The van der Waals surface area contributed by atoms with Crippen LogP contribution in [0.15, 0.2) is 110 Å². The fourth-order valence-electron chi connectivity index (χ4n) is 9.68. The van der Waals surface area contributed by atoms with Crippen LogP contribution in [0.4, 0.5) is 0 Å². The van der Waals surface area contributed by atoms with Gasteiger partial charge in [-0.15, -0.1) is 0 Å². The highest BCUT2D eigenvalue weighted by Gasteiger charge is 2.34. The molecular formula is C54H50N14O8. The van der Waals surface area contributed by atoms with E-state index in [9.17, 15) is 29.4 Å². The van der Waals surface area contributed by atoms with Gasteiger partial charge in [-0.1, -0.05) is 60.7 Å². The van der Waals surface area contributed by atoms with Crippen molar-refractivity contribution in [1.29, 1.82) is 0 Å². The van der Waals surface area contributed by atoms with Crippen molar-refractivity contribution < 1.29 is 38.9 Å². The number of aliphatic hydroxyl groups excluding tert-OH is 1. The van der Waals surface area contributed by atoms with Crippen LogP contribution in [0.2, 0.25) is 0 Å². The van der Waals surface area contributed by atoms with Crippen LogP contribution in [0.3, 0.4) is 0 Å². The van der Waals surface area contributed by atoms with Crippen LogP contribution in [0.1, 0.15) is 57.6 Å². The summed E-state index contributed by atoms with van der Waals surface area (Å²) in [7, 11) is 2.96. The standard InChI is InChI=1S/C28H27N7O4.C26H23N7O4/c1-28(2,38)21-11-18(32-33-21)24-25-23(20(39-3)14-31-24)17(12-30-25)26(36)27(37)34-9-10-35-19(13-29-22(35)15-34)16-7-5-4-6-8-16;1-37-20-12-29-23(18-9-16(14-34)30-31-18)24-22(20)17(10-28-24)25(35)26(36)32-7-8-33-19(11-27-21(33)13-32)15-5-3-2-4-6-15/h4-8,11-14,30,38H,9-10,15H2,1-3H3,(H,32,33);2-6,9-12,28,34H,7-8,13-14H2,1H3,(H,30,31). The number of aromatic nitrogens is 12. The molecule has 0 bridgehead atoms. The average Bonchev–Trinajstić information content (AvgIpc) is 4.34. The number of aromatic amines is 4. The molecule has 0 fully saturated rings. The molecule has 2 aliphatic rings. The van der Waals surface area contributed by atoms with Crippen LogP contribution >= 0.6 is 0 Å². The van der Waals surface area contributed by atoms with Crippen LogP contribution in [-0.2, 0) is 48.0 Å². The molecule has 384 valence electrons. The fourth-order valence-corrected chi connectivity index (χ4v) is 9.68. The number of nitrogens with one attached hydrogen (secondary N) is 4. The van der Waals surface area contributed by atoms with Crippen molar-refractivity contribution in [1.82, 2.24) is 69.2 Å². The molecule has 22 nitrogen and oxygen atoms in total. The number of hydrogen-bond acceptors (Lipinski definition) is 14. The number of benzene rings is 2. The summed E-state index contributed by atoms with van der Waals surface area (Å²) in [6.07, 6.45) is 9.59. The highest BCUT2D eigenvalue weighted by atomic mass is 16.5. The highest BCUT2D eigenvalue weighted by Crippen LogP contribution is 2.37. The first kappa shape index (κ1) is 48.7. The number of Topliss-reactive ketones (excluding diaryl/α,β-unsaturated/α-hetero) is 2. The molecule has 0 saturated heterocycles. The van der Waals surface area contributed by atoms with Gasteiger partial charge in [-0.25, -0.2) is 19.9 Å². The molecule has 2 aromatic carbocycles. The first-order valence-corrected chi connectivity index (χ1v) is 24.2. The quantitative estimate of drug-likeness (QED) is 0.0622. The highest BCUT2D eigenvalue weighted by molar-refractivity contribution is 6.46. The van der Waals surface area contributed by atoms with Gasteiger partial charge in [0, 0.05) is 38.6 Å². The second-order valence-electron chi connectivity index (χ2n) is 18.7. The maximum atomic E-state index is 13.5. The largest absolute Gasteiger partial charge is 0.494 e. The maximum Gasteiger partial charge on any atom is 0.295 e. The van der Waals surface area contributed by atoms with E-state index in [1.54, 1.807) is 38.4 Å². The molecule has 2 aliphatic heterocycles. The second kappa shape index (κ2) is 19.7. The Labute approximate surface area is 432 Å². The lowest BCUT2D eigenvalue weighted by Gasteiger charge is -2.28. The Morgan fingerprint density at radius 3 is 1.50 bits per heavy atom. The minimum Gasteiger partial charge on any atom is -0.494 e. The number of ether oxygens (including phenoxy) is 2. The third-order valence-corrected chi connectivity index (χ3v) is 13.6. The van der Waals surface area contributed by atoms with Gasteiger partial charge in [0.2, 0.25) is 0 Å². The minimum absolute atomic E-state index is 0.188. The SMILES string of the molecule is COc1cnc(-c2cc(C(C)(C)O)[nH]n2)c2[nH]cc(C(=O)C(=O)N3CCn4c(-c5ccccc5)cnc4C3)c12.COc1cnc(-c2cc(CO)[nH]n2)c2[nH]cc(C(=O)C(=O)N3CCn4c(-c5ccccc5)cnc4C3)c12. The van der Waals surface area contributed by atoms with Gasteiger partial charge in [-0.2, -0.15) is 10.2 Å². The molecule has 0 saturated carbocycles. The van der Waals surface area contributed by atoms with Crippen molar-refractivity contribution in [3.05, 3.63) is 144 Å². The van der Waals surface area contributed by atoms with Crippen molar-refractivity contribution in [2.24, 2.45) is 0 Å². The molecule has 22 heteroatoms. The molecule has 0 aliphatic carbocycles. The normalized spacial score (nSPS) is 13.3. The summed E-state index contributed by atoms with van der Waals surface area (Å²) in [5.74, 6) is -0.364. The Kier molecular flexibility index (Phi) is 12.6. The van der Waals surface area contributed by atoms with Crippen LogP contribution in [-0.4, -0.2) is 130 Å². The van der Waals surface area contributed by atoms with E-state index in [0.29, 0.717) is 93.6 Å². The number of H-pyrrole nitrogens is 4. The van der Waals surface area contributed by atoms with Gasteiger partial charge in [0.25, 0.3) is 23.4 Å². The van der Waals surface area contributed by atoms with Crippen molar-refractivity contribution in [2.75, 3.05) is 27.3 Å². The van der Waals surface area contributed by atoms with E-state index in [0.717, 1.165) is 34.2 Å². The number of hydrogen-bond donors (Lipinski definition) is 6. The number of rotatable bonds is 12. The van der Waals surface area contributed by atoms with Crippen molar-refractivity contribution in [3.63, 3.8) is 0 Å². The number of carbonyl (C=O) groups is 4. The Balaban J connectivity index is 0.000000162. The molecule has 8 aromatic heterocycles. The topological polar surface area (TPSA) is 284 Å². The van der Waals surface area contributed by atoms with E-state index in [2.05, 4.69) is 59.4 Å². The zero-order chi connectivity index (χ0) is 52.8. The number of carbonyl (C=O) groups excluding carboxylic acids is 4. The maximum absolute atomic E-state index is 13.5. The molecule has 10 heterocycles. The lowest BCUT2D eigenvalue weighted by atomic mass is 10.0. The number of aliphatic hydroxyl groups is 2. The molecule has 0 spiro atoms. The predicted octanol–water partition coefficient (Wildman–Crippen LogP) is 5.82. The smallest absolute Gasteiger partial charge is 0.295 e. The molecule has 6 N–H and O–H groups in total. The van der Waals surface area contributed by atoms with E-state index in [-0.39, 0.29) is 30.8 Å². The van der Waals surface area contributed by atoms with Crippen molar-refractivity contribution in [3.8, 4) is 56.8 Å². The zero-order valence-corrected chi connectivity index (χ0v) is 41.7. The third kappa shape index (κ3) is 8.73. The first-order chi connectivity index (χ1) is 36.8. The molecule has 10 aromatic rings. The lowest BCUT2D eigenvalue weighted by Crippen LogP contribution is -2.42. The van der Waals surface area contributed by atoms with E-state index >= 15 is 0 Å².